The van der Waals surface area contributed by atoms with Crippen molar-refractivity contribution in [2.24, 2.45) is 0 Å². The summed E-state index contributed by atoms with van der Waals surface area (Å²) in [6, 6.07) is 12.6. The largest absolute Gasteiger partial charge is 0.493 e. The third-order valence-corrected chi connectivity index (χ3v) is 5.53. The number of thiocarbonyl (C=S) groups is 1. The second-order valence-electron chi connectivity index (χ2n) is 6.92. The number of piperazine rings is 1. The Kier molecular flexibility index (Phi) is 7.29. The lowest BCUT2D eigenvalue weighted by atomic mass is 10.1. The maximum absolute atomic E-state index is 10.8. The van der Waals surface area contributed by atoms with Crippen molar-refractivity contribution in [1.82, 2.24) is 10.2 Å². The minimum absolute atomic E-state index is 0.109. The van der Waals surface area contributed by atoms with Crippen LogP contribution in [-0.2, 0) is 6.42 Å². The van der Waals surface area contributed by atoms with E-state index in [9.17, 15) is 10.1 Å². The van der Waals surface area contributed by atoms with Gasteiger partial charge in [0.2, 0.25) is 0 Å². The molecule has 8 nitrogen and oxygen atoms in total. The van der Waals surface area contributed by atoms with Crippen LogP contribution in [0, 0.1) is 10.1 Å². The number of hydrogen-bond acceptors (Lipinski definition) is 6. The first kappa shape index (κ1) is 21.6. The van der Waals surface area contributed by atoms with Gasteiger partial charge in [-0.3, -0.25) is 10.1 Å². The lowest BCUT2D eigenvalue weighted by Crippen LogP contribution is -2.52. The molecule has 1 heterocycles. The van der Waals surface area contributed by atoms with Crippen LogP contribution in [0.4, 0.5) is 11.4 Å². The summed E-state index contributed by atoms with van der Waals surface area (Å²) in [5.74, 6) is 1.44. The molecule has 0 aromatic heterocycles. The number of rotatable bonds is 7. The van der Waals surface area contributed by atoms with Crippen molar-refractivity contribution < 1.29 is 14.4 Å². The van der Waals surface area contributed by atoms with Gasteiger partial charge < -0.3 is 24.6 Å². The molecule has 0 amide bonds. The van der Waals surface area contributed by atoms with E-state index in [-0.39, 0.29) is 10.6 Å². The predicted octanol–water partition coefficient (Wildman–Crippen LogP) is 2.85. The third kappa shape index (κ3) is 5.29. The molecule has 0 bridgehead atoms. The first-order chi connectivity index (χ1) is 14.5. The zero-order valence-electron chi connectivity index (χ0n) is 17.2. The van der Waals surface area contributed by atoms with E-state index in [0.29, 0.717) is 0 Å². The van der Waals surface area contributed by atoms with Gasteiger partial charge in [-0.2, -0.15) is 0 Å². The SMILES string of the molecule is COc1ccc(CCNC(=S)N2CCN(c3ccc([N+](=O)[O-])cc3)CC2)cc1OC. The average Bonchev–Trinajstić information content (AvgIpc) is 2.79. The Balaban J connectivity index is 1.44. The van der Waals surface area contributed by atoms with E-state index >= 15 is 0 Å². The molecule has 2 aromatic carbocycles. The van der Waals surface area contributed by atoms with Gasteiger partial charge in [-0.1, -0.05) is 6.07 Å². The van der Waals surface area contributed by atoms with Crippen LogP contribution in [-0.4, -0.2) is 61.9 Å². The lowest BCUT2D eigenvalue weighted by molar-refractivity contribution is -0.384. The highest BCUT2D eigenvalue weighted by atomic mass is 32.1. The summed E-state index contributed by atoms with van der Waals surface area (Å²) in [5, 5.41) is 14.9. The molecule has 3 rings (SSSR count). The first-order valence-corrected chi connectivity index (χ1v) is 10.2. The molecule has 0 unspecified atom stereocenters. The van der Waals surface area contributed by atoms with Gasteiger partial charge in [-0.25, -0.2) is 0 Å². The molecule has 1 saturated heterocycles. The number of hydrogen-bond donors (Lipinski definition) is 1. The van der Waals surface area contributed by atoms with E-state index in [4.69, 9.17) is 21.7 Å². The van der Waals surface area contributed by atoms with Crippen LogP contribution in [0.3, 0.4) is 0 Å². The fraction of sp³-hybridized carbons (Fsp3) is 0.381. The predicted molar refractivity (Wildman–Crippen MR) is 121 cm³/mol. The van der Waals surface area contributed by atoms with Crippen LogP contribution < -0.4 is 19.7 Å². The zero-order chi connectivity index (χ0) is 21.5. The van der Waals surface area contributed by atoms with Crippen LogP contribution >= 0.6 is 12.2 Å². The second-order valence-corrected chi connectivity index (χ2v) is 7.31. The van der Waals surface area contributed by atoms with Crippen LogP contribution in [0.2, 0.25) is 0 Å². The number of benzene rings is 2. The molecule has 1 fully saturated rings. The standard InChI is InChI=1S/C21H26N4O4S/c1-28-19-8-3-16(15-20(19)29-2)9-10-22-21(30)24-13-11-23(12-14-24)17-4-6-18(7-5-17)25(26)27/h3-8,15H,9-14H2,1-2H3,(H,22,30). The van der Waals surface area contributed by atoms with Crippen LogP contribution in [0.5, 0.6) is 11.5 Å². The van der Waals surface area contributed by atoms with E-state index in [1.165, 1.54) is 0 Å². The Bertz CT molecular complexity index is 883. The van der Waals surface area contributed by atoms with E-state index in [1.807, 2.05) is 18.2 Å². The smallest absolute Gasteiger partial charge is 0.269 e. The third-order valence-electron chi connectivity index (χ3n) is 5.13. The summed E-state index contributed by atoms with van der Waals surface area (Å²) in [6.07, 6.45) is 0.823. The molecule has 160 valence electrons. The number of anilines is 1. The molecule has 2 aromatic rings. The van der Waals surface area contributed by atoms with Gasteiger partial charge in [0.05, 0.1) is 19.1 Å². The number of non-ortho nitro benzene ring substituents is 1. The van der Waals surface area contributed by atoms with Gasteiger partial charge in [0, 0.05) is 50.5 Å². The Morgan fingerprint density at radius 1 is 1.07 bits per heavy atom. The van der Waals surface area contributed by atoms with Gasteiger partial charge in [0.25, 0.3) is 5.69 Å². The highest BCUT2D eigenvalue weighted by molar-refractivity contribution is 7.80. The summed E-state index contributed by atoms with van der Waals surface area (Å²) in [7, 11) is 3.25. The summed E-state index contributed by atoms with van der Waals surface area (Å²) < 4.78 is 10.6. The van der Waals surface area contributed by atoms with E-state index < -0.39 is 0 Å². The van der Waals surface area contributed by atoms with Crippen molar-refractivity contribution in [2.45, 2.75) is 6.42 Å². The van der Waals surface area contributed by atoms with Crippen LogP contribution in [0.15, 0.2) is 42.5 Å². The van der Waals surface area contributed by atoms with Crippen molar-refractivity contribution in [3.05, 3.63) is 58.1 Å². The fourth-order valence-corrected chi connectivity index (χ4v) is 3.70. The Labute approximate surface area is 181 Å². The number of nitro groups is 1. The average molecular weight is 431 g/mol. The topological polar surface area (TPSA) is 80.1 Å². The molecular weight excluding hydrogens is 404 g/mol. The molecule has 30 heavy (non-hydrogen) atoms. The number of nitro benzene ring substituents is 1. The van der Waals surface area contributed by atoms with Crippen molar-refractivity contribution in [3.63, 3.8) is 0 Å². The number of ether oxygens (including phenoxy) is 2. The molecule has 9 heteroatoms. The Morgan fingerprint density at radius 2 is 1.73 bits per heavy atom. The molecular formula is C21H26N4O4S. The Hall–Kier alpha value is -3.07. The maximum atomic E-state index is 10.8. The van der Waals surface area contributed by atoms with Crippen molar-refractivity contribution in [1.29, 1.82) is 0 Å². The first-order valence-electron chi connectivity index (χ1n) is 9.75. The van der Waals surface area contributed by atoms with Crippen molar-refractivity contribution in [3.8, 4) is 11.5 Å². The maximum Gasteiger partial charge on any atom is 0.269 e. The molecule has 0 aliphatic carbocycles. The summed E-state index contributed by atoms with van der Waals surface area (Å²) in [4.78, 5) is 14.8. The van der Waals surface area contributed by atoms with Gasteiger partial charge in [0.1, 0.15) is 0 Å². The van der Waals surface area contributed by atoms with Gasteiger partial charge in [-0.15, -0.1) is 0 Å². The van der Waals surface area contributed by atoms with Crippen molar-refractivity contribution in [2.75, 3.05) is 51.8 Å². The minimum Gasteiger partial charge on any atom is -0.493 e. The summed E-state index contributed by atoms with van der Waals surface area (Å²) >= 11 is 5.56. The highest BCUT2D eigenvalue weighted by Crippen LogP contribution is 2.27. The number of nitrogens with zero attached hydrogens (tertiary/aromatic N) is 3. The van der Waals surface area contributed by atoms with E-state index in [0.717, 1.165) is 67.0 Å². The van der Waals surface area contributed by atoms with Gasteiger partial charge in [0.15, 0.2) is 16.6 Å². The normalized spacial score (nSPS) is 13.7. The summed E-state index contributed by atoms with van der Waals surface area (Å²) in [6.45, 7) is 3.97. The van der Waals surface area contributed by atoms with E-state index in [2.05, 4.69) is 15.1 Å². The lowest BCUT2D eigenvalue weighted by Gasteiger charge is -2.37. The molecule has 1 aliphatic heterocycles. The number of nitrogens with one attached hydrogen (secondary N) is 1. The quantitative estimate of drug-likeness (QED) is 0.408. The minimum atomic E-state index is -0.381. The monoisotopic (exact) mass is 430 g/mol. The van der Waals surface area contributed by atoms with Crippen LogP contribution in [0.25, 0.3) is 0 Å². The molecule has 0 radical (unpaired) electrons. The highest BCUT2D eigenvalue weighted by Gasteiger charge is 2.19. The van der Waals surface area contributed by atoms with Gasteiger partial charge >= 0.3 is 0 Å². The molecule has 0 saturated carbocycles. The summed E-state index contributed by atoms with van der Waals surface area (Å²) in [5.41, 5.74) is 2.25. The van der Waals surface area contributed by atoms with Crippen molar-refractivity contribution >= 4 is 28.7 Å². The van der Waals surface area contributed by atoms with E-state index in [1.54, 1.807) is 38.5 Å². The van der Waals surface area contributed by atoms with Gasteiger partial charge in [-0.05, 0) is 48.5 Å². The zero-order valence-corrected chi connectivity index (χ0v) is 18.0. The molecule has 0 spiro atoms. The van der Waals surface area contributed by atoms with Crippen LogP contribution in [0.1, 0.15) is 5.56 Å². The second kappa shape index (κ2) is 10.1. The molecule has 1 aliphatic rings. The fourth-order valence-electron chi connectivity index (χ4n) is 3.41. The molecule has 0 atom stereocenters. The number of methoxy groups -OCH3 is 2. The Morgan fingerprint density at radius 3 is 2.33 bits per heavy atom. The molecule has 1 N–H and O–H groups in total.